The molecule has 0 amide bonds. The van der Waals surface area contributed by atoms with Gasteiger partial charge in [0.1, 0.15) is 5.82 Å². The standard InChI is InChI=1S/C17H24FN3/c1-13-9-16(18)6-5-15(13)7-8-19-10-14-11-20-21(12-14)17(2,3)4/h5-6,9,11-12,19H,7-8,10H2,1-4H3. The van der Waals surface area contributed by atoms with E-state index in [1.807, 2.05) is 23.9 Å². The fourth-order valence-corrected chi connectivity index (χ4v) is 2.21. The summed E-state index contributed by atoms with van der Waals surface area (Å²) in [6.45, 7) is 10.0. The molecule has 1 heterocycles. The number of benzene rings is 1. The predicted molar refractivity (Wildman–Crippen MR) is 83.8 cm³/mol. The fraction of sp³-hybridized carbons (Fsp3) is 0.471. The summed E-state index contributed by atoms with van der Waals surface area (Å²) in [5.41, 5.74) is 3.40. The molecule has 1 aromatic carbocycles. The molecule has 0 saturated carbocycles. The fourth-order valence-electron chi connectivity index (χ4n) is 2.21. The summed E-state index contributed by atoms with van der Waals surface area (Å²) in [6.07, 6.45) is 4.89. The third kappa shape index (κ3) is 4.39. The Hall–Kier alpha value is -1.68. The molecule has 4 heteroatoms. The summed E-state index contributed by atoms with van der Waals surface area (Å²) in [4.78, 5) is 0. The molecule has 0 aliphatic carbocycles. The van der Waals surface area contributed by atoms with Gasteiger partial charge >= 0.3 is 0 Å². The maximum Gasteiger partial charge on any atom is 0.123 e. The number of rotatable bonds is 5. The van der Waals surface area contributed by atoms with E-state index in [4.69, 9.17) is 0 Å². The van der Waals surface area contributed by atoms with Crippen LogP contribution in [-0.4, -0.2) is 16.3 Å². The Morgan fingerprint density at radius 2 is 2.05 bits per heavy atom. The first-order chi connectivity index (χ1) is 9.86. The van der Waals surface area contributed by atoms with Crippen LogP contribution in [0.5, 0.6) is 0 Å². The summed E-state index contributed by atoms with van der Waals surface area (Å²) >= 11 is 0. The molecule has 0 spiro atoms. The first-order valence-corrected chi connectivity index (χ1v) is 7.36. The van der Waals surface area contributed by atoms with Gasteiger partial charge in [-0.05, 0) is 63.9 Å². The van der Waals surface area contributed by atoms with E-state index in [1.165, 1.54) is 17.2 Å². The van der Waals surface area contributed by atoms with Crippen LogP contribution in [-0.2, 0) is 18.5 Å². The van der Waals surface area contributed by atoms with Gasteiger partial charge in [0.05, 0.1) is 11.7 Å². The highest BCUT2D eigenvalue weighted by Crippen LogP contribution is 2.13. The molecule has 2 aromatic rings. The zero-order chi connectivity index (χ0) is 15.5. The molecule has 0 aliphatic rings. The highest BCUT2D eigenvalue weighted by atomic mass is 19.1. The predicted octanol–water partition coefficient (Wildman–Crippen LogP) is 3.42. The van der Waals surface area contributed by atoms with Crippen LogP contribution >= 0.6 is 0 Å². The third-order valence-electron chi connectivity index (χ3n) is 3.53. The number of nitrogens with zero attached hydrogens (tertiary/aromatic N) is 2. The van der Waals surface area contributed by atoms with Gasteiger partial charge < -0.3 is 5.32 Å². The summed E-state index contributed by atoms with van der Waals surface area (Å²) in [7, 11) is 0. The van der Waals surface area contributed by atoms with E-state index in [0.717, 1.165) is 25.1 Å². The van der Waals surface area contributed by atoms with E-state index in [2.05, 4.69) is 37.4 Å². The van der Waals surface area contributed by atoms with Gasteiger partial charge in [0, 0.05) is 18.3 Å². The monoisotopic (exact) mass is 289 g/mol. The van der Waals surface area contributed by atoms with Crippen LogP contribution < -0.4 is 5.32 Å². The van der Waals surface area contributed by atoms with Crippen molar-refractivity contribution in [2.45, 2.75) is 46.2 Å². The van der Waals surface area contributed by atoms with E-state index in [9.17, 15) is 4.39 Å². The van der Waals surface area contributed by atoms with Crippen molar-refractivity contribution in [1.29, 1.82) is 0 Å². The third-order valence-corrected chi connectivity index (χ3v) is 3.53. The molecule has 0 saturated heterocycles. The molecular weight excluding hydrogens is 265 g/mol. The maximum absolute atomic E-state index is 13.0. The summed E-state index contributed by atoms with van der Waals surface area (Å²) in [6, 6.07) is 4.97. The van der Waals surface area contributed by atoms with Gasteiger partial charge in [-0.1, -0.05) is 6.07 Å². The number of halogens is 1. The molecular formula is C17H24FN3. The number of hydrogen-bond acceptors (Lipinski definition) is 2. The maximum atomic E-state index is 13.0. The zero-order valence-electron chi connectivity index (χ0n) is 13.3. The molecule has 1 N–H and O–H groups in total. The molecule has 0 unspecified atom stereocenters. The highest BCUT2D eigenvalue weighted by Gasteiger charge is 2.13. The summed E-state index contributed by atoms with van der Waals surface area (Å²) in [5.74, 6) is -0.168. The Bertz CT molecular complexity index is 596. The van der Waals surface area contributed by atoms with Crippen molar-refractivity contribution in [2.75, 3.05) is 6.54 Å². The van der Waals surface area contributed by atoms with Crippen molar-refractivity contribution in [2.24, 2.45) is 0 Å². The van der Waals surface area contributed by atoms with E-state index in [0.29, 0.717) is 0 Å². The van der Waals surface area contributed by atoms with Gasteiger partial charge in [0.25, 0.3) is 0 Å². The van der Waals surface area contributed by atoms with E-state index in [-0.39, 0.29) is 11.4 Å². The van der Waals surface area contributed by atoms with Crippen molar-refractivity contribution in [3.63, 3.8) is 0 Å². The number of aromatic nitrogens is 2. The lowest BCUT2D eigenvalue weighted by Gasteiger charge is -2.18. The minimum Gasteiger partial charge on any atom is -0.312 e. The molecule has 0 bridgehead atoms. The molecule has 21 heavy (non-hydrogen) atoms. The minimum absolute atomic E-state index is 0.0173. The first-order valence-electron chi connectivity index (χ1n) is 7.36. The van der Waals surface area contributed by atoms with Gasteiger partial charge in [-0.15, -0.1) is 0 Å². The van der Waals surface area contributed by atoms with Gasteiger partial charge in [0.15, 0.2) is 0 Å². The van der Waals surface area contributed by atoms with E-state index < -0.39 is 0 Å². The molecule has 0 atom stereocenters. The topological polar surface area (TPSA) is 29.9 Å². The minimum atomic E-state index is -0.168. The lowest BCUT2D eigenvalue weighted by atomic mass is 10.1. The van der Waals surface area contributed by atoms with Crippen LogP contribution in [0.3, 0.4) is 0 Å². The first kappa shape index (κ1) is 15.7. The smallest absolute Gasteiger partial charge is 0.123 e. The van der Waals surface area contributed by atoms with Crippen LogP contribution in [0.1, 0.15) is 37.5 Å². The van der Waals surface area contributed by atoms with E-state index >= 15 is 0 Å². The Labute approximate surface area is 126 Å². The van der Waals surface area contributed by atoms with Gasteiger partial charge in [-0.25, -0.2) is 4.39 Å². The lowest BCUT2D eigenvalue weighted by Crippen LogP contribution is -2.22. The summed E-state index contributed by atoms with van der Waals surface area (Å²) < 4.78 is 15.0. The van der Waals surface area contributed by atoms with Gasteiger partial charge in [-0.3, -0.25) is 4.68 Å². The Balaban J connectivity index is 1.81. The normalized spacial score (nSPS) is 11.9. The molecule has 0 radical (unpaired) electrons. The molecule has 0 aliphatic heterocycles. The Morgan fingerprint density at radius 1 is 1.29 bits per heavy atom. The van der Waals surface area contributed by atoms with Crippen LogP contribution in [0.4, 0.5) is 4.39 Å². The molecule has 2 rings (SSSR count). The molecule has 114 valence electrons. The van der Waals surface area contributed by atoms with Crippen molar-refractivity contribution in [1.82, 2.24) is 15.1 Å². The average Bonchev–Trinajstić information content (AvgIpc) is 2.85. The van der Waals surface area contributed by atoms with Gasteiger partial charge in [0.2, 0.25) is 0 Å². The average molecular weight is 289 g/mol. The van der Waals surface area contributed by atoms with E-state index in [1.54, 1.807) is 6.07 Å². The zero-order valence-corrected chi connectivity index (χ0v) is 13.3. The Morgan fingerprint density at radius 3 is 2.67 bits per heavy atom. The van der Waals surface area contributed by atoms with Crippen LogP contribution in [0.15, 0.2) is 30.6 Å². The highest BCUT2D eigenvalue weighted by molar-refractivity contribution is 5.26. The lowest BCUT2D eigenvalue weighted by molar-refractivity contribution is 0.355. The second kappa shape index (κ2) is 6.39. The number of aryl methyl sites for hydroxylation is 1. The molecule has 3 nitrogen and oxygen atoms in total. The molecule has 0 fully saturated rings. The van der Waals surface area contributed by atoms with Crippen LogP contribution in [0, 0.1) is 12.7 Å². The second-order valence-corrected chi connectivity index (χ2v) is 6.46. The summed E-state index contributed by atoms with van der Waals surface area (Å²) in [5, 5.41) is 7.79. The number of hydrogen-bond donors (Lipinski definition) is 1. The van der Waals surface area contributed by atoms with Crippen LogP contribution in [0.25, 0.3) is 0 Å². The SMILES string of the molecule is Cc1cc(F)ccc1CCNCc1cnn(C(C)(C)C)c1. The molecule has 1 aromatic heterocycles. The second-order valence-electron chi connectivity index (χ2n) is 6.46. The van der Waals surface area contributed by atoms with Crippen LogP contribution in [0.2, 0.25) is 0 Å². The van der Waals surface area contributed by atoms with Crippen molar-refractivity contribution in [3.8, 4) is 0 Å². The quantitative estimate of drug-likeness (QED) is 0.855. The van der Waals surface area contributed by atoms with Crippen molar-refractivity contribution in [3.05, 3.63) is 53.1 Å². The number of nitrogens with one attached hydrogen (secondary N) is 1. The van der Waals surface area contributed by atoms with Crippen molar-refractivity contribution >= 4 is 0 Å². The van der Waals surface area contributed by atoms with Gasteiger partial charge in [-0.2, -0.15) is 5.10 Å². The van der Waals surface area contributed by atoms with Crippen molar-refractivity contribution < 1.29 is 4.39 Å². The largest absolute Gasteiger partial charge is 0.312 e. The Kier molecular flexibility index (Phi) is 4.78.